The largest absolute Gasteiger partial charge is 0.423 e. The first kappa shape index (κ1) is 14.7. The van der Waals surface area contributed by atoms with Crippen LogP contribution in [0.1, 0.15) is 34.9 Å². The maximum absolute atomic E-state index is 11.9. The standard InChI is InChI=1S/C19H19NO2S/c1-13-6-7-15-14(11-19(21)22-17(15)10-13)12-20-8-2-4-16(20)18-5-3-9-23-18/h3,5-7,9-11,16H,2,4,8,12H2,1H3. The van der Waals surface area contributed by atoms with Gasteiger partial charge in [-0.15, -0.1) is 11.3 Å². The van der Waals surface area contributed by atoms with E-state index in [0.29, 0.717) is 11.6 Å². The molecule has 1 atom stereocenters. The van der Waals surface area contributed by atoms with Gasteiger partial charge in [-0.2, -0.15) is 0 Å². The summed E-state index contributed by atoms with van der Waals surface area (Å²) in [5, 5.41) is 3.19. The molecule has 1 saturated heterocycles. The predicted octanol–water partition coefficient (Wildman–Crippen LogP) is 4.50. The molecule has 4 rings (SSSR count). The van der Waals surface area contributed by atoms with Crippen molar-refractivity contribution in [2.24, 2.45) is 0 Å². The summed E-state index contributed by atoms with van der Waals surface area (Å²) in [6, 6.07) is 12.6. The van der Waals surface area contributed by atoms with Gasteiger partial charge in [-0.25, -0.2) is 4.79 Å². The minimum Gasteiger partial charge on any atom is -0.423 e. The van der Waals surface area contributed by atoms with E-state index in [0.717, 1.165) is 29.6 Å². The summed E-state index contributed by atoms with van der Waals surface area (Å²) in [6.45, 7) is 3.89. The van der Waals surface area contributed by atoms with Gasteiger partial charge in [0.1, 0.15) is 5.58 Å². The second-order valence-corrected chi connectivity index (χ2v) is 7.21. The molecule has 1 fully saturated rings. The molecule has 1 aliphatic rings. The summed E-state index contributed by atoms with van der Waals surface area (Å²) < 4.78 is 5.37. The molecule has 0 N–H and O–H groups in total. The van der Waals surface area contributed by atoms with Crippen LogP contribution in [0.3, 0.4) is 0 Å². The van der Waals surface area contributed by atoms with E-state index in [9.17, 15) is 4.79 Å². The van der Waals surface area contributed by atoms with E-state index in [2.05, 4.69) is 34.5 Å². The van der Waals surface area contributed by atoms with E-state index in [1.165, 1.54) is 17.7 Å². The SMILES string of the molecule is Cc1ccc2c(CN3CCCC3c3cccs3)cc(=O)oc2c1. The van der Waals surface area contributed by atoms with Crippen molar-refractivity contribution in [1.82, 2.24) is 4.90 Å². The second-order valence-electron chi connectivity index (χ2n) is 6.23. The maximum Gasteiger partial charge on any atom is 0.336 e. The Morgan fingerprint density at radius 3 is 3.04 bits per heavy atom. The Labute approximate surface area is 139 Å². The van der Waals surface area contributed by atoms with Crippen molar-refractivity contribution in [3.8, 4) is 0 Å². The number of benzene rings is 1. The number of rotatable bonds is 3. The second kappa shape index (κ2) is 5.95. The van der Waals surface area contributed by atoms with Gasteiger partial charge in [-0.1, -0.05) is 18.2 Å². The Hall–Kier alpha value is -1.91. The first-order valence-corrected chi connectivity index (χ1v) is 8.89. The van der Waals surface area contributed by atoms with Crippen LogP contribution < -0.4 is 5.63 Å². The lowest BCUT2D eigenvalue weighted by Gasteiger charge is -2.24. The number of fused-ring (bicyclic) bond motifs is 1. The van der Waals surface area contributed by atoms with Crippen molar-refractivity contribution >= 4 is 22.3 Å². The lowest BCUT2D eigenvalue weighted by molar-refractivity contribution is 0.252. The zero-order valence-electron chi connectivity index (χ0n) is 13.1. The fourth-order valence-electron chi connectivity index (χ4n) is 3.51. The molecule has 0 spiro atoms. The summed E-state index contributed by atoms with van der Waals surface area (Å²) in [4.78, 5) is 15.8. The van der Waals surface area contributed by atoms with Gasteiger partial charge in [0.15, 0.2) is 0 Å². The van der Waals surface area contributed by atoms with Gasteiger partial charge in [-0.3, -0.25) is 4.90 Å². The van der Waals surface area contributed by atoms with Gasteiger partial charge in [0.05, 0.1) is 0 Å². The molecule has 3 aromatic rings. The zero-order valence-corrected chi connectivity index (χ0v) is 13.9. The highest BCUT2D eigenvalue weighted by molar-refractivity contribution is 7.10. The average Bonchev–Trinajstić information content (AvgIpc) is 3.17. The number of aryl methyl sites for hydroxylation is 1. The molecule has 0 saturated carbocycles. The molecule has 1 unspecified atom stereocenters. The molecule has 1 aromatic carbocycles. The third kappa shape index (κ3) is 2.84. The van der Waals surface area contributed by atoms with Crippen LogP contribution in [0.5, 0.6) is 0 Å². The third-order valence-electron chi connectivity index (χ3n) is 4.59. The minimum atomic E-state index is -0.259. The van der Waals surface area contributed by atoms with Crippen LogP contribution in [0.15, 0.2) is 51.0 Å². The first-order valence-electron chi connectivity index (χ1n) is 8.01. The monoisotopic (exact) mass is 325 g/mol. The van der Waals surface area contributed by atoms with E-state index < -0.39 is 0 Å². The van der Waals surface area contributed by atoms with Crippen LogP contribution in [0.4, 0.5) is 0 Å². The molecule has 0 radical (unpaired) electrons. The highest BCUT2D eigenvalue weighted by atomic mass is 32.1. The van der Waals surface area contributed by atoms with Crippen LogP contribution in [0.2, 0.25) is 0 Å². The van der Waals surface area contributed by atoms with Crippen molar-refractivity contribution in [1.29, 1.82) is 0 Å². The number of likely N-dealkylation sites (tertiary alicyclic amines) is 1. The predicted molar refractivity (Wildman–Crippen MR) is 93.9 cm³/mol. The molecule has 3 heterocycles. The number of hydrogen-bond donors (Lipinski definition) is 0. The van der Waals surface area contributed by atoms with Crippen LogP contribution in [0, 0.1) is 6.92 Å². The third-order valence-corrected chi connectivity index (χ3v) is 5.57. The maximum atomic E-state index is 11.9. The molecule has 0 amide bonds. The van der Waals surface area contributed by atoms with Crippen molar-refractivity contribution in [2.75, 3.05) is 6.54 Å². The summed E-state index contributed by atoms with van der Waals surface area (Å²) >= 11 is 1.82. The summed E-state index contributed by atoms with van der Waals surface area (Å²) in [6.07, 6.45) is 2.40. The molecule has 0 bridgehead atoms. The van der Waals surface area contributed by atoms with Gasteiger partial charge in [0, 0.05) is 28.9 Å². The molecule has 3 nitrogen and oxygen atoms in total. The van der Waals surface area contributed by atoms with E-state index in [4.69, 9.17) is 4.42 Å². The number of thiophene rings is 1. The van der Waals surface area contributed by atoms with Crippen LogP contribution in [-0.4, -0.2) is 11.4 Å². The van der Waals surface area contributed by atoms with Crippen molar-refractivity contribution in [3.05, 3.63) is 68.2 Å². The molecule has 2 aromatic heterocycles. The highest BCUT2D eigenvalue weighted by Crippen LogP contribution is 2.36. The normalized spacial score (nSPS) is 18.7. The summed E-state index contributed by atoms with van der Waals surface area (Å²) in [7, 11) is 0. The van der Waals surface area contributed by atoms with E-state index in [1.807, 2.05) is 24.3 Å². The zero-order chi connectivity index (χ0) is 15.8. The van der Waals surface area contributed by atoms with E-state index in [1.54, 1.807) is 6.07 Å². The Morgan fingerprint density at radius 2 is 2.22 bits per heavy atom. The van der Waals surface area contributed by atoms with Gasteiger partial charge in [-0.05, 0) is 54.9 Å². The van der Waals surface area contributed by atoms with Gasteiger partial charge >= 0.3 is 5.63 Å². The molecule has 23 heavy (non-hydrogen) atoms. The lowest BCUT2D eigenvalue weighted by atomic mass is 10.1. The molecule has 1 aliphatic heterocycles. The van der Waals surface area contributed by atoms with Crippen LogP contribution in [0.25, 0.3) is 11.0 Å². The van der Waals surface area contributed by atoms with Gasteiger partial charge in [0.2, 0.25) is 0 Å². The summed E-state index contributed by atoms with van der Waals surface area (Å²) in [5.41, 5.74) is 2.61. The summed E-state index contributed by atoms with van der Waals surface area (Å²) in [5.74, 6) is 0. The van der Waals surface area contributed by atoms with Crippen molar-refractivity contribution in [2.45, 2.75) is 32.4 Å². The molecule has 0 aliphatic carbocycles. The van der Waals surface area contributed by atoms with E-state index >= 15 is 0 Å². The minimum absolute atomic E-state index is 0.259. The molecular weight excluding hydrogens is 306 g/mol. The van der Waals surface area contributed by atoms with Crippen LogP contribution >= 0.6 is 11.3 Å². The molecule has 4 heteroatoms. The van der Waals surface area contributed by atoms with Crippen molar-refractivity contribution in [3.63, 3.8) is 0 Å². The quantitative estimate of drug-likeness (QED) is 0.665. The Balaban J connectivity index is 1.71. The average molecular weight is 325 g/mol. The number of hydrogen-bond acceptors (Lipinski definition) is 4. The van der Waals surface area contributed by atoms with Crippen molar-refractivity contribution < 1.29 is 4.42 Å². The first-order chi connectivity index (χ1) is 11.2. The fraction of sp³-hybridized carbons (Fsp3) is 0.316. The Morgan fingerprint density at radius 1 is 1.30 bits per heavy atom. The molecular formula is C19H19NO2S. The smallest absolute Gasteiger partial charge is 0.336 e. The Kier molecular flexibility index (Phi) is 3.79. The molecule has 118 valence electrons. The topological polar surface area (TPSA) is 33.5 Å². The number of nitrogens with zero attached hydrogens (tertiary/aromatic N) is 1. The Bertz CT molecular complexity index is 882. The van der Waals surface area contributed by atoms with Gasteiger partial charge in [0.25, 0.3) is 0 Å². The fourth-order valence-corrected chi connectivity index (χ4v) is 4.40. The van der Waals surface area contributed by atoms with Crippen LogP contribution in [-0.2, 0) is 6.54 Å². The van der Waals surface area contributed by atoms with E-state index in [-0.39, 0.29) is 5.63 Å². The van der Waals surface area contributed by atoms with Gasteiger partial charge < -0.3 is 4.42 Å². The lowest BCUT2D eigenvalue weighted by Crippen LogP contribution is -2.23. The highest BCUT2D eigenvalue weighted by Gasteiger charge is 2.27.